The summed E-state index contributed by atoms with van der Waals surface area (Å²) in [4.78, 5) is 12.6. The van der Waals surface area contributed by atoms with E-state index in [-0.39, 0.29) is 17.5 Å². The van der Waals surface area contributed by atoms with Crippen LogP contribution in [0.4, 0.5) is 19.0 Å². The first-order chi connectivity index (χ1) is 17.6. The van der Waals surface area contributed by atoms with Gasteiger partial charge < -0.3 is 19.9 Å². The largest absolute Gasteiger partial charge is 0.573 e. The van der Waals surface area contributed by atoms with Crippen LogP contribution in [0.2, 0.25) is 0 Å². The van der Waals surface area contributed by atoms with E-state index in [1.165, 1.54) is 29.8 Å². The first kappa shape index (κ1) is 29.5. The summed E-state index contributed by atoms with van der Waals surface area (Å²) in [5.41, 5.74) is 3.32. The van der Waals surface area contributed by atoms with Crippen LogP contribution in [0.25, 0.3) is 11.4 Å². The third-order valence-electron chi connectivity index (χ3n) is 4.75. The Morgan fingerprint density at radius 1 is 1.08 bits per heavy atom. The monoisotopic (exact) mass is 518 g/mol. The van der Waals surface area contributed by atoms with Gasteiger partial charge in [0, 0.05) is 31.9 Å². The average molecular weight is 519 g/mol. The number of halogens is 3. The summed E-state index contributed by atoms with van der Waals surface area (Å²) >= 11 is 0. The summed E-state index contributed by atoms with van der Waals surface area (Å²) in [5.74, 6) is 1.13. The fraction of sp³-hybridized carbons (Fsp3) is 0.385. The number of likely N-dealkylation sites (N-methyl/N-ethyl adjacent to an activating group) is 1. The SMILES string of the molecule is CCNCCNc1ccc(CC)cn1.CN=C(C=C(C)C)c1nc(-c2ccc(OC(F)(F)F)cc2)no1. The third kappa shape index (κ3) is 10.8. The van der Waals surface area contributed by atoms with Crippen LogP contribution in [-0.4, -0.2) is 53.9 Å². The molecule has 0 amide bonds. The zero-order valence-electron chi connectivity index (χ0n) is 21.7. The molecule has 0 saturated heterocycles. The Labute approximate surface area is 215 Å². The molecule has 11 heteroatoms. The van der Waals surface area contributed by atoms with Crippen LogP contribution in [0.15, 0.2) is 63.8 Å². The van der Waals surface area contributed by atoms with E-state index in [4.69, 9.17) is 4.52 Å². The molecule has 200 valence electrons. The van der Waals surface area contributed by atoms with Crippen LogP contribution in [0.5, 0.6) is 5.75 Å². The summed E-state index contributed by atoms with van der Waals surface area (Å²) in [6.07, 6.45) is 0.0372. The van der Waals surface area contributed by atoms with Crippen molar-refractivity contribution in [1.82, 2.24) is 20.4 Å². The second kappa shape index (κ2) is 14.7. The van der Waals surface area contributed by atoms with Crippen molar-refractivity contribution in [3.8, 4) is 17.1 Å². The molecule has 37 heavy (non-hydrogen) atoms. The lowest BCUT2D eigenvalue weighted by Gasteiger charge is -2.08. The van der Waals surface area contributed by atoms with E-state index in [0.717, 1.165) is 37.4 Å². The van der Waals surface area contributed by atoms with Gasteiger partial charge in [0.25, 0.3) is 5.89 Å². The molecule has 0 unspecified atom stereocenters. The van der Waals surface area contributed by atoms with E-state index in [9.17, 15) is 13.2 Å². The number of anilines is 1. The first-order valence-corrected chi connectivity index (χ1v) is 11.9. The Hall–Kier alpha value is -3.73. The van der Waals surface area contributed by atoms with Crippen LogP contribution in [0.1, 0.15) is 39.1 Å². The van der Waals surface area contributed by atoms with Gasteiger partial charge in [0.15, 0.2) is 0 Å². The molecule has 0 aliphatic heterocycles. The lowest BCUT2D eigenvalue weighted by atomic mass is 10.2. The van der Waals surface area contributed by atoms with Crippen molar-refractivity contribution in [3.05, 3.63) is 65.7 Å². The van der Waals surface area contributed by atoms with Gasteiger partial charge in [0.1, 0.15) is 17.3 Å². The van der Waals surface area contributed by atoms with Gasteiger partial charge in [-0.1, -0.05) is 30.6 Å². The Kier molecular flexibility index (Phi) is 11.8. The highest BCUT2D eigenvalue weighted by Crippen LogP contribution is 2.25. The number of alkyl halides is 3. The molecule has 0 saturated carbocycles. The topological polar surface area (TPSA) is 97.5 Å². The molecule has 3 aromatic rings. The summed E-state index contributed by atoms with van der Waals surface area (Å²) in [5, 5.41) is 10.3. The minimum Gasteiger partial charge on any atom is -0.406 e. The number of rotatable bonds is 10. The summed E-state index contributed by atoms with van der Waals surface area (Å²) < 4.78 is 45.3. The number of hydrogen-bond donors (Lipinski definition) is 2. The minimum absolute atomic E-state index is 0.235. The van der Waals surface area contributed by atoms with Crippen molar-refractivity contribution in [3.63, 3.8) is 0 Å². The van der Waals surface area contributed by atoms with E-state index in [0.29, 0.717) is 11.3 Å². The number of hydrogen-bond acceptors (Lipinski definition) is 8. The predicted octanol–water partition coefficient (Wildman–Crippen LogP) is 5.69. The molecule has 1 aromatic carbocycles. The van der Waals surface area contributed by atoms with Crippen molar-refractivity contribution in [2.45, 2.75) is 40.5 Å². The number of nitrogens with zero attached hydrogens (tertiary/aromatic N) is 4. The van der Waals surface area contributed by atoms with Crippen molar-refractivity contribution >= 4 is 11.5 Å². The molecule has 2 heterocycles. The molecule has 0 aliphatic rings. The molecule has 2 aromatic heterocycles. The number of benzene rings is 1. The average Bonchev–Trinajstić information content (AvgIpc) is 3.35. The maximum Gasteiger partial charge on any atom is 0.573 e. The van der Waals surface area contributed by atoms with E-state index in [2.05, 4.69) is 55.4 Å². The highest BCUT2D eigenvalue weighted by Gasteiger charge is 2.31. The van der Waals surface area contributed by atoms with Gasteiger partial charge in [-0.15, -0.1) is 13.2 Å². The van der Waals surface area contributed by atoms with Gasteiger partial charge in [-0.05, 0) is 68.8 Å². The number of aromatic nitrogens is 3. The van der Waals surface area contributed by atoms with Crippen molar-refractivity contribution in [1.29, 1.82) is 0 Å². The standard InChI is InChI=1S/C15H14F3N3O2.C11H19N3/c1-9(2)8-12(19-3)14-20-13(21-23-14)10-4-6-11(7-5-10)22-15(16,17)18;1-3-10-5-6-11(14-9-10)13-8-7-12-4-2/h4-8H,1-3H3;5-6,9,12H,3-4,7-8H2,1-2H3,(H,13,14). The number of aliphatic imine (C=N–C) groups is 1. The van der Waals surface area contributed by atoms with Gasteiger partial charge in [-0.25, -0.2) is 4.98 Å². The van der Waals surface area contributed by atoms with Gasteiger partial charge in [0.05, 0.1) is 0 Å². The zero-order valence-corrected chi connectivity index (χ0v) is 21.7. The lowest BCUT2D eigenvalue weighted by Crippen LogP contribution is -2.21. The van der Waals surface area contributed by atoms with Crippen LogP contribution < -0.4 is 15.4 Å². The molecule has 8 nitrogen and oxygen atoms in total. The van der Waals surface area contributed by atoms with E-state index in [1.54, 1.807) is 13.1 Å². The smallest absolute Gasteiger partial charge is 0.406 e. The molecule has 0 aliphatic carbocycles. The second-order valence-corrected chi connectivity index (χ2v) is 8.01. The van der Waals surface area contributed by atoms with Crippen molar-refractivity contribution < 1.29 is 22.4 Å². The van der Waals surface area contributed by atoms with Crippen molar-refractivity contribution in [2.75, 3.05) is 32.0 Å². The van der Waals surface area contributed by atoms with Crippen LogP contribution >= 0.6 is 0 Å². The van der Waals surface area contributed by atoms with Crippen molar-refractivity contribution in [2.24, 2.45) is 4.99 Å². The van der Waals surface area contributed by atoms with E-state index < -0.39 is 6.36 Å². The van der Waals surface area contributed by atoms with Gasteiger partial charge in [0.2, 0.25) is 5.82 Å². The predicted molar refractivity (Wildman–Crippen MR) is 139 cm³/mol. The normalized spacial score (nSPS) is 11.4. The Morgan fingerprint density at radius 2 is 1.81 bits per heavy atom. The summed E-state index contributed by atoms with van der Waals surface area (Å²) in [6.45, 7) is 11.0. The van der Waals surface area contributed by atoms with Crippen LogP contribution in [-0.2, 0) is 6.42 Å². The second-order valence-electron chi connectivity index (χ2n) is 8.01. The van der Waals surface area contributed by atoms with Gasteiger partial charge in [-0.3, -0.25) is 4.99 Å². The highest BCUT2D eigenvalue weighted by molar-refractivity contribution is 6.05. The number of aryl methyl sites for hydroxylation is 1. The summed E-state index contributed by atoms with van der Waals surface area (Å²) in [7, 11) is 1.60. The molecule has 0 spiro atoms. The molecule has 0 atom stereocenters. The summed E-state index contributed by atoms with van der Waals surface area (Å²) in [6, 6.07) is 9.35. The zero-order chi connectivity index (χ0) is 27.3. The molecule has 0 radical (unpaired) electrons. The number of ether oxygens (including phenoxy) is 1. The number of nitrogens with one attached hydrogen (secondary N) is 2. The quantitative estimate of drug-likeness (QED) is 0.263. The Balaban J connectivity index is 0.000000294. The fourth-order valence-corrected chi connectivity index (χ4v) is 2.94. The minimum atomic E-state index is -4.72. The maximum absolute atomic E-state index is 12.1. The first-order valence-electron chi connectivity index (χ1n) is 11.9. The van der Waals surface area contributed by atoms with Gasteiger partial charge >= 0.3 is 6.36 Å². The molecular weight excluding hydrogens is 485 g/mol. The number of pyridine rings is 1. The van der Waals surface area contributed by atoms with E-state index in [1.807, 2.05) is 26.1 Å². The molecule has 3 rings (SSSR count). The fourth-order valence-electron chi connectivity index (χ4n) is 2.94. The molecule has 2 N–H and O–H groups in total. The van der Waals surface area contributed by atoms with Gasteiger partial charge in [-0.2, -0.15) is 4.98 Å². The molecule has 0 fully saturated rings. The third-order valence-corrected chi connectivity index (χ3v) is 4.75. The van der Waals surface area contributed by atoms with E-state index >= 15 is 0 Å². The Morgan fingerprint density at radius 3 is 2.35 bits per heavy atom. The maximum atomic E-state index is 12.1. The lowest BCUT2D eigenvalue weighted by molar-refractivity contribution is -0.274. The van der Waals surface area contributed by atoms with Crippen LogP contribution in [0, 0.1) is 0 Å². The highest BCUT2D eigenvalue weighted by atomic mass is 19.4. The molecule has 0 bridgehead atoms. The number of allylic oxidation sites excluding steroid dienone is 2. The van der Waals surface area contributed by atoms with Crippen LogP contribution in [0.3, 0.4) is 0 Å². The Bertz CT molecular complexity index is 1140. The molecular formula is C26H33F3N6O2.